The van der Waals surface area contributed by atoms with Gasteiger partial charge in [-0.3, -0.25) is 0 Å². The van der Waals surface area contributed by atoms with E-state index < -0.39 is 0 Å². The van der Waals surface area contributed by atoms with E-state index in [0.717, 1.165) is 30.3 Å². The van der Waals surface area contributed by atoms with Crippen molar-refractivity contribution < 1.29 is 4.74 Å². The molecule has 2 unspecified atom stereocenters. The van der Waals surface area contributed by atoms with E-state index in [2.05, 4.69) is 20.8 Å². The largest absolute Gasteiger partial charge is 0.378 e. The van der Waals surface area contributed by atoms with Gasteiger partial charge >= 0.3 is 0 Å². The highest BCUT2D eigenvalue weighted by Crippen LogP contribution is 2.58. The summed E-state index contributed by atoms with van der Waals surface area (Å²) in [6.45, 7) is 12.4. The van der Waals surface area contributed by atoms with Gasteiger partial charge in [0.1, 0.15) is 0 Å². The molecule has 0 N–H and O–H groups in total. The summed E-state index contributed by atoms with van der Waals surface area (Å²) in [6.07, 6.45) is 31.2. The summed E-state index contributed by atoms with van der Waals surface area (Å²) < 4.78 is 6.42. The standard InChI is InChI=1S/C31H58O.C2H6/c1-4-16-28(5-2)31(29-20-11-7-12-21-29,30-22-13-8-14-23-30)24-15-17-26(3)32-25-27-18-9-6-10-19-27;1-2/h26-30H,4-25H2,1-3H3;1-2H3. The van der Waals surface area contributed by atoms with Crippen molar-refractivity contribution in [3.05, 3.63) is 0 Å². The van der Waals surface area contributed by atoms with Crippen LogP contribution in [0.15, 0.2) is 0 Å². The number of rotatable bonds is 13. The van der Waals surface area contributed by atoms with Crippen LogP contribution in [0.5, 0.6) is 0 Å². The van der Waals surface area contributed by atoms with Crippen molar-refractivity contribution in [1.82, 2.24) is 0 Å². The molecule has 3 aliphatic carbocycles. The summed E-state index contributed by atoms with van der Waals surface area (Å²) in [7, 11) is 0. The normalized spacial score (nSPS) is 23.2. The van der Waals surface area contributed by atoms with Crippen LogP contribution in [0.1, 0.15) is 169 Å². The highest BCUT2D eigenvalue weighted by molar-refractivity contribution is 4.98. The molecule has 3 aliphatic rings. The lowest BCUT2D eigenvalue weighted by atomic mass is 9.50. The zero-order valence-electron chi connectivity index (χ0n) is 24.4. The molecule has 0 radical (unpaired) electrons. The molecule has 1 nitrogen and oxygen atoms in total. The van der Waals surface area contributed by atoms with Gasteiger partial charge in [0.25, 0.3) is 0 Å². The first kappa shape index (κ1) is 30.2. The fraction of sp³-hybridized carbons (Fsp3) is 1.00. The van der Waals surface area contributed by atoms with Gasteiger partial charge in [-0.15, -0.1) is 0 Å². The average molecular weight is 477 g/mol. The first-order valence-corrected chi connectivity index (χ1v) is 16.3. The fourth-order valence-electron chi connectivity index (χ4n) is 8.53. The third-order valence-electron chi connectivity index (χ3n) is 10.2. The van der Waals surface area contributed by atoms with Gasteiger partial charge in [0.2, 0.25) is 0 Å². The summed E-state index contributed by atoms with van der Waals surface area (Å²) in [5.74, 6) is 3.82. The van der Waals surface area contributed by atoms with Crippen LogP contribution in [0.3, 0.4) is 0 Å². The molecule has 2 atom stereocenters. The smallest absolute Gasteiger partial charge is 0.0547 e. The lowest BCUT2D eigenvalue weighted by Crippen LogP contribution is -2.46. The molecule has 0 aromatic carbocycles. The lowest BCUT2D eigenvalue weighted by molar-refractivity contribution is -0.0530. The Bertz CT molecular complexity index is 440. The van der Waals surface area contributed by atoms with E-state index >= 15 is 0 Å². The molecule has 0 aromatic heterocycles. The van der Waals surface area contributed by atoms with Crippen molar-refractivity contribution in [2.75, 3.05) is 6.61 Å². The maximum Gasteiger partial charge on any atom is 0.0547 e. The van der Waals surface area contributed by atoms with Crippen LogP contribution in [0.4, 0.5) is 0 Å². The molecular formula is C33H64O. The van der Waals surface area contributed by atoms with Gasteiger partial charge in [-0.1, -0.05) is 111 Å². The van der Waals surface area contributed by atoms with Gasteiger partial charge < -0.3 is 4.74 Å². The molecule has 0 amide bonds. The minimum Gasteiger partial charge on any atom is -0.378 e. The predicted octanol–water partition coefficient (Wildman–Crippen LogP) is 11.1. The van der Waals surface area contributed by atoms with Crippen LogP contribution in [-0.2, 0) is 4.74 Å². The van der Waals surface area contributed by atoms with Gasteiger partial charge in [0.05, 0.1) is 6.10 Å². The average Bonchev–Trinajstić information content (AvgIpc) is 2.91. The van der Waals surface area contributed by atoms with Crippen molar-refractivity contribution in [2.24, 2.45) is 29.1 Å². The maximum atomic E-state index is 6.42. The van der Waals surface area contributed by atoms with Crippen LogP contribution < -0.4 is 0 Å². The fourth-order valence-corrected chi connectivity index (χ4v) is 8.53. The van der Waals surface area contributed by atoms with Crippen LogP contribution in [-0.4, -0.2) is 12.7 Å². The Morgan fingerprint density at radius 1 is 0.706 bits per heavy atom. The predicted molar refractivity (Wildman–Crippen MR) is 151 cm³/mol. The summed E-state index contributed by atoms with van der Waals surface area (Å²) in [6, 6.07) is 0. The van der Waals surface area contributed by atoms with E-state index in [1.165, 1.54) is 135 Å². The Morgan fingerprint density at radius 2 is 1.21 bits per heavy atom. The second-order valence-corrected chi connectivity index (χ2v) is 12.2. The van der Waals surface area contributed by atoms with Gasteiger partial charge in [0, 0.05) is 6.61 Å². The van der Waals surface area contributed by atoms with Gasteiger partial charge in [-0.2, -0.15) is 0 Å². The van der Waals surface area contributed by atoms with Crippen LogP contribution in [0.25, 0.3) is 0 Å². The molecule has 0 bridgehead atoms. The Morgan fingerprint density at radius 3 is 1.68 bits per heavy atom. The Labute approximate surface area is 216 Å². The Balaban J connectivity index is 0.00000199. The highest BCUT2D eigenvalue weighted by atomic mass is 16.5. The highest BCUT2D eigenvalue weighted by Gasteiger charge is 2.48. The molecule has 0 aliphatic heterocycles. The quantitative estimate of drug-likeness (QED) is 0.257. The van der Waals surface area contributed by atoms with Gasteiger partial charge in [-0.05, 0) is 87.4 Å². The summed E-state index contributed by atoms with van der Waals surface area (Å²) >= 11 is 0. The summed E-state index contributed by atoms with van der Waals surface area (Å²) in [4.78, 5) is 0. The van der Waals surface area contributed by atoms with E-state index in [4.69, 9.17) is 4.74 Å². The van der Waals surface area contributed by atoms with Crippen LogP contribution in [0, 0.1) is 29.1 Å². The zero-order chi connectivity index (χ0) is 24.7. The molecule has 1 heteroatoms. The van der Waals surface area contributed by atoms with Crippen LogP contribution in [0.2, 0.25) is 0 Å². The third kappa shape index (κ3) is 8.81. The molecular weight excluding hydrogens is 412 g/mol. The summed E-state index contributed by atoms with van der Waals surface area (Å²) in [5, 5.41) is 0. The van der Waals surface area contributed by atoms with E-state index in [0.29, 0.717) is 11.5 Å². The van der Waals surface area contributed by atoms with Gasteiger partial charge in [-0.25, -0.2) is 0 Å². The number of hydrogen-bond acceptors (Lipinski definition) is 1. The maximum absolute atomic E-state index is 6.42. The lowest BCUT2D eigenvalue weighted by Gasteiger charge is -2.54. The number of hydrogen-bond donors (Lipinski definition) is 0. The Kier molecular flexibility index (Phi) is 15.5. The molecule has 3 fully saturated rings. The molecule has 34 heavy (non-hydrogen) atoms. The van der Waals surface area contributed by atoms with E-state index in [-0.39, 0.29) is 0 Å². The third-order valence-corrected chi connectivity index (χ3v) is 10.2. The van der Waals surface area contributed by atoms with E-state index in [9.17, 15) is 0 Å². The molecule has 0 aromatic rings. The van der Waals surface area contributed by atoms with Crippen molar-refractivity contribution in [2.45, 2.75) is 176 Å². The molecule has 0 heterocycles. The molecule has 3 saturated carbocycles. The first-order valence-electron chi connectivity index (χ1n) is 16.3. The molecule has 0 saturated heterocycles. The van der Waals surface area contributed by atoms with Crippen molar-refractivity contribution in [1.29, 1.82) is 0 Å². The first-order chi connectivity index (χ1) is 16.7. The van der Waals surface area contributed by atoms with E-state index in [1.54, 1.807) is 0 Å². The monoisotopic (exact) mass is 476 g/mol. The topological polar surface area (TPSA) is 9.23 Å². The second-order valence-electron chi connectivity index (χ2n) is 12.2. The van der Waals surface area contributed by atoms with Gasteiger partial charge in [0.15, 0.2) is 0 Å². The van der Waals surface area contributed by atoms with Crippen LogP contribution >= 0.6 is 0 Å². The summed E-state index contributed by atoms with van der Waals surface area (Å²) in [5.41, 5.74) is 0.634. The van der Waals surface area contributed by atoms with Crippen molar-refractivity contribution in [3.8, 4) is 0 Å². The second kappa shape index (κ2) is 17.4. The van der Waals surface area contributed by atoms with E-state index in [1.807, 2.05) is 13.8 Å². The number of ether oxygens (including phenoxy) is 1. The molecule has 3 rings (SSSR count). The SMILES string of the molecule is CC.CCCC(CC)C(CCCC(C)OCC1CCCCC1)(C1CCCCC1)C1CCCCC1. The zero-order valence-corrected chi connectivity index (χ0v) is 24.4. The minimum absolute atomic E-state index is 0.457. The van der Waals surface area contributed by atoms with Crippen molar-refractivity contribution >= 4 is 0 Å². The minimum atomic E-state index is 0.457. The molecule has 202 valence electrons. The molecule has 0 spiro atoms. The Hall–Kier alpha value is -0.0400. The van der Waals surface area contributed by atoms with Crippen molar-refractivity contribution in [3.63, 3.8) is 0 Å².